The normalized spacial score (nSPS) is 12.2. The van der Waals surface area contributed by atoms with Gasteiger partial charge in [-0.2, -0.15) is 0 Å². The fourth-order valence-corrected chi connectivity index (χ4v) is 2.49. The van der Waals surface area contributed by atoms with E-state index >= 15 is 0 Å². The van der Waals surface area contributed by atoms with Gasteiger partial charge < -0.3 is 19.9 Å². The van der Waals surface area contributed by atoms with Gasteiger partial charge in [0.2, 0.25) is 0 Å². The highest BCUT2D eigenvalue weighted by molar-refractivity contribution is 5.97. The van der Waals surface area contributed by atoms with Crippen LogP contribution < -0.4 is 10.6 Å². The zero-order valence-corrected chi connectivity index (χ0v) is 15.0. The summed E-state index contributed by atoms with van der Waals surface area (Å²) in [4.78, 5) is 28.1. The number of fused-ring (bicyclic) bond motifs is 1. The highest BCUT2D eigenvalue weighted by Gasteiger charge is 2.17. The van der Waals surface area contributed by atoms with Crippen molar-refractivity contribution in [1.29, 1.82) is 0 Å². The van der Waals surface area contributed by atoms with Crippen LogP contribution in [0.15, 0.2) is 16.8 Å². The van der Waals surface area contributed by atoms with Crippen LogP contribution >= 0.6 is 0 Å². The van der Waals surface area contributed by atoms with Crippen molar-refractivity contribution in [1.82, 2.24) is 20.8 Å². The average molecular weight is 348 g/mol. The summed E-state index contributed by atoms with van der Waals surface area (Å²) in [5.41, 5.74) is 1.49. The minimum Gasteiger partial charge on any atom is -0.450 e. The van der Waals surface area contributed by atoms with Gasteiger partial charge >= 0.3 is 6.09 Å². The summed E-state index contributed by atoms with van der Waals surface area (Å²) < 4.78 is 9.95. The average Bonchev–Trinajstić information content (AvgIpc) is 2.92. The van der Waals surface area contributed by atoms with Crippen molar-refractivity contribution in [2.45, 2.75) is 40.2 Å². The summed E-state index contributed by atoms with van der Waals surface area (Å²) in [7, 11) is 0. The Bertz CT molecular complexity index is 741. The lowest BCUT2D eigenvalue weighted by molar-refractivity contribution is 0.0944. The number of alkyl carbamates (subject to hydrolysis) is 1. The second-order valence-corrected chi connectivity index (χ2v) is 6.25. The molecule has 0 saturated carbocycles. The number of amides is 2. The molecule has 2 heterocycles. The van der Waals surface area contributed by atoms with E-state index in [9.17, 15) is 9.59 Å². The molecule has 0 aromatic carbocycles. The molecule has 0 saturated heterocycles. The first kappa shape index (κ1) is 18.7. The second-order valence-electron chi connectivity index (χ2n) is 6.25. The SMILES string of the molecule is CCOC(=O)N[C@@H](CNC(=O)c1cnc2onc(C)c2c1)CC(C)C. The molecule has 0 unspecified atom stereocenters. The number of carbonyl (C=O) groups is 2. The molecule has 0 bridgehead atoms. The van der Waals surface area contributed by atoms with Crippen molar-refractivity contribution in [2.24, 2.45) is 5.92 Å². The molecule has 25 heavy (non-hydrogen) atoms. The summed E-state index contributed by atoms with van der Waals surface area (Å²) in [5.74, 6) is 0.0934. The van der Waals surface area contributed by atoms with E-state index in [1.54, 1.807) is 19.9 Å². The fourth-order valence-electron chi connectivity index (χ4n) is 2.49. The van der Waals surface area contributed by atoms with Gasteiger partial charge in [-0.05, 0) is 32.3 Å². The summed E-state index contributed by atoms with van der Waals surface area (Å²) in [6.07, 6.45) is 1.69. The minimum atomic E-state index is -0.481. The predicted molar refractivity (Wildman–Crippen MR) is 92.3 cm³/mol. The molecule has 0 spiro atoms. The Morgan fingerprint density at radius 3 is 2.80 bits per heavy atom. The molecule has 0 aliphatic carbocycles. The van der Waals surface area contributed by atoms with E-state index in [1.165, 1.54) is 6.20 Å². The maximum absolute atomic E-state index is 12.4. The molecule has 0 radical (unpaired) electrons. The van der Waals surface area contributed by atoms with Crippen LogP contribution in [0.25, 0.3) is 11.1 Å². The number of hydrogen-bond acceptors (Lipinski definition) is 6. The Morgan fingerprint density at radius 1 is 1.36 bits per heavy atom. The lowest BCUT2D eigenvalue weighted by Gasteiger charge is -2.20. The lowest BCUT2D eigenvalue weighted by atomic mass is 10.0. The largest absolute Gasteiger partial charge is 0.450 e. The van der Waals surface area contributed by atoms with Crippen molar-refractivity contribution in [3.8, 4) is 0 Å². The number of aromatic nitrogens is 2. The first-order valence-electron chi connectivity index (χ1n) is 8.34. The Labute approximate surface area is 146 Å². The van der Waals surface area contributed by atoms with Gasteiger partial charge in [-0.15, -0.1) is 0 Å². The zero-order valence-electron chi connectivity index (χ0n) is 15.0. The van der Waals surface area contributed by atoms with E-state index < -0.39 is 6.09 Å². The third kappa shape index (κ3) is 5.17. The first-order chi connectivity index (χ1) is 11.9. The molecule has 2 aromatic rings. The molecular formula is C17H24N4O4. The Balaban J connectivity index is 2.00. The summed E-state index contributed by atoms with van der Waals surface area (Å²) in [5, 5.41) is 10.1. The van der Waals surface area contributed by atoms with E-state index in [0.717, 1.165) is 6.42 Å². The zero-order chi connectivity index (χ0) is 18.4. The summed E-state index contributed by atoms with van der Waals surface area (Å²) in [6.45, 7) is 8.24. The van der Waals surface area contributed by atoms with Crippen molar-refractivity contribution in [2.75, 3.05) is 13.2 Å². The van der Waals surface area contributed by atoms with E-state index in [0.29, 0.717) is 41.4 Å². The van der Waals surface area contributed by atoms with Crippen LogP contribution in [0.4, 0.5) is 4.79 Å². The van der Waals surface area contributed by atoms with Crippen LogP contribution in [-0.4, -0.2) is 41.3 Å². The monoisotopic (exact) mass is 348 g/mol. The van der Waals surface area contributed by atoms with Crippen LogP contribution in [0.1, 0.15) is 43.2 Å². The Hall–Kier alpha value is -2.64. The molecular weight excluding hydrogens is 324 g/mol. The third-order valence-corrected chi connectivity index (χ3v) is 3.63. The van der Waals surface area contributed by atoms with E-state index in [-0.39, 0.29) is 11.9 Å². The number of nitrogens with zero attached hydrogens (tertiary/aromatic N) is 2. The predicted octanol–water partition coefficient (Wildman–Crippen LogP) is 2.42. The van der Waals surface area contributed by atoms with Gasteiger partial charge in [0.25, 0.3) is 11.6 Å². The Morgan fingerprint density at radius 2 is 2.12 bits per heavy atom. The van der Waals surface area contributed by atoms with Gasteiger partial charge in [0.05, 0.1) is 23.3 Å². The minimum absolute atomic E-state index is 0.211. The molecule has 0 fully saturated rings. The summed E-state index contributed by atoms with van der Waals surface area (Å²) >= 11 is 0. The van der Waals surface area contributed by atoms with Gasteiger partial charge in [-0.1, -0.05) is 19.0 Å². The first-order valence-corrected chi connectivity index (χ1v) is 8.34. The quantitative estimate of drug-likeness (QED) is 0.796. The topological polar surface area (TPSA) is 106 Å². The molecule has 2 amide bonds. The second kappa shape index (κ2) is 8.46. The molecule has 1 atom stereocenters. The summed E-state index contributed by atoms with van der Waals surface area (Å²) in [6, 6.07) is 1.48. The lowest BCUT2D eigenvalue weighted by Crippen LogP contribution is -2.44. The van der Waals surface area contributed by atoms with Crippen molar-refractivity contribution < 1.29 is 18.8 Å². The van der Waals surface area contributed by atoms with Gasteiger partial charge in [0, 0.05) is 18.8 Å². The van der Waals surface area contributed by atoms with Crippen LogP contribution in [-0.2, 0) is 4.74 Å². The highest BCUT2D eigenvalue weighted by atomic mass is 16.5. The number of hydrogen-bond donors (Lipinski definition) is 2. The van der Waals surface area contributed by atoms with E-state index in [2.05, 4.69) is 20.8 Å². The Kier molecular flexibility index (Phi) is 6.32. The number of ether oxygens (including phenoxy) is 1. The maximum atomic E-state index is 12.4. The van der Waals surface area contributed by atoms with Crippen LogP contribution in [0, 0.1) is 12.8 Å². The van der Waals surface area contributed by atoms with Crippen molar-refractivity contribution >= 4 is 23.1 Å². The van der Waals surface area contributed by atoms with Crippen LogP contribution in [0.5, 0.6) is 0 Å². The molecule has 0 aliphatic rings. The van der Waals surface area contributed by atoms with Gasteiger partial charge in [-0.25, -0.2) is 9.78 Å². The molecule has 8 heteroatoms. The fraction of sp³-hybridized carbons (Fsp3) is 0.529. The van der Waals surface area contributed by atoms with E-state index in [1.807, 2.05) is 13.8 Å². The number of nitrogens with one attached hydrogen (secondary N) is 2. The van der Waals surface area contributed by atoms with Crippen molar-refractivity contribution in [3.05, 3.63) is 23.5 Å². The van der Waals surface area contributed by atoms with Gasteiger partial charge in [0.1, 0.15) is 0 Å². The smallest absolute Gasteiger partial charge is 0.407 e. The van der Waals surface area contributed by atoms with Gasteiger partial charge in [0.15, 0.2) is 0 Å². The number of aryl methyl sites for hydroxylation is 1. The highest BCUT2D eigenvalue weighted by Crippen LogP contribution is 2.16. The van der Waals surface area contributed by atoms with Gasteiger partial charge in [-0.3, -0.25) is 4.79 Å². The number of rotatable bonds is 7. The molecule has 136 valence electrons. The van der Waals surface area contributed by atoms with E-state index in [4.69, 9.17) is 9.26 Å². The molecule has 2 rings (SSSR count). The number of carbonyl (C=O) groups excluding carboxylic acids is 2. The molecule has 8 nitrogen and oxygen atoms in total. The number of pyridine rings is 1. The van der Waals surface area contributed by atoms with Crippen LogP contribution in [0.2, 0.25) is 0 Å². The maximum Gasteiger partial charge on any atom is 0.407 e. The molecule has 2 aromatic heterocycles. The van der Waals surface area contributed by atoms with Crippen molar-refractivity contribution in [3.63, 3.8) is 0 Å². The molecule has 0 aliphatic heterocycles. The van der Waals surface area contributed by atoms with Crippen LogP contribution in [0.3, 0.4) is 0 Å². The molecule has 2 N–H and O–H groups in total. The standard InChI is InChI=1S/C17H24N4O4/c1-5-24-17(23)20-13(6-10(2)3)9-18-15(22)12-7-14-11(4)21-25-16(14)19-8-12/h7-8,10,13H,5-6,9H2,1-4H3,(H,18,22)(H,20,23)/t13-/m1/s1. The third-order valence-electron chi connectivity index (χ3n) is 3.63.